The molecule has 0 aliphatic carbocycles. The second-order valence-electron chi connectivity index (χ2n) is 5.91. The van der Waals surface area contributed by atoms with Crippen molar-refractivity contribution in [1.29, 1.82) is 0 Å². The number of nitrogens with zero attached hydrogens (tertiary/aromatic N) is 1. The summed E-state index contributed by atoms with van der Waals surface area (Å²) in [5, 5.41) is 2.84. The molecule has 25 heavy (non-hydrogen) atoms. The van der Waals surface area contributed by atoms with E-state index in [-0.39, 0.29) is 11.8 Å². The van der Waals surface area contributed by atoms with Crippen LogP contribution in [0.5, 0.6) is 5.75 Å². The van der Waals surface area contributed by atoms with E-state index in [4.69, 9.17) is 9.15 Å². The molecule has 2 amide bonds. The molecule has 2 heterocycles. The predicted molar refractivity (Wildman–Crippen MR) is 92.2 cm³/mol. The number of rotatable bonds is 6. The van der Waals surface area contributed by atoms with Crippen LogP contribution in [-0.2, 0) is 11.3 Å². The number of nitrogens with one attached hydrogen (secondary N) is 1. The van der Waals surface area contributed by atoms with Crippen molar-refractivity contribution in [2.45, 2.75) is 32.4 Å². The molecule has 1 aliphatic heterocycles. The SMILES string of the molecule is CCOc1ccc(C(=O)N2CCC[C@H]2C(=O)NCc2ccco2)cc1. The molecule has 132 valence electrons. The highest BCUT2D eigenvalue weighted by molar-refractivity contribution is 5.98. The van der Waals surface area contributed by atoms with Gasteiger partial charge in [-0.3, -0.25) is 9.59 Å². The third kappa shape index (κ3) is 4.02. The minimum Gasteiger partial charge on any atom is -0.494 e. The molecule has 1 saturated heterocycles. The fourth-order valence-electron chi connectivity index (χ4n) is 3.01. The first-order valence-corrected chi connectivity index (χ1v) is 8.53. The van der Waals surface area contributed by atoms with E-state index in [2.05, 4.69) is 5.32 Å². The maximum Gasteiger partial charge on any atom is 0.254 e. The second-order valence-corrected chi connectivity index (χ2v) is 5.91. The van der Waals surface area contributed by atoms with Gasteiger partial charge in [0.25, 0.3) is 5.91 Å². The summed E-state index contributed by atoms with van der Waals surface area (Å²) in [6.45, 7) is 3.41. The standard InChI is InChI=1S/C19H22N2O4/c1-2-24-15-9-7-14(8-10-15)19(23)21-11-3-6-17(21)18(22)20-13-16-5-4-12-25-16/h4-5,7-10,12,17H,2-3,6,11,13H2,1H3,(H,20,22)/t17-/m0/s1. The van der Waals surface area contributed by atoms with Gasteiger partial charge in [-0.15, -0.1) is 0 Å². The monoisotopic (exact) mass is 342 g/mol. The van der Waals surface area contributed by atoms with Gasteiger partial charge < -0.3 is 19.4 Å². The first-order valence-electron chi connectivity index (χ1n) is 8.53. The summed E-state index contributed by atoms with van der Waals surface area (Å²) < 4.78 is 10.6. The topological polar surface area (TPSA) is 71.8 Å². The maximum absolute atomic E-state index is 12.8. The van der Waals surface area contributed by atoms with Crippen LogP contribution in [0, 0.1) is 0 Å². The highest BCUT2D eigenvalue weighted by atomic mass is 16.5. The van der Waals surface area contributed by atoms with Crippen molar-refractivity contribution >= 4 is 11.8 Å². The summed E-state index contributed by atoms with van der Waals surface area (Å²) in [4.78, 5) is 26.9. The van der Waals surface area contributed by atoms with Crippen molar-refractivity contribution in [3.63, 3.8) is 0 Å². The van der Waals surface area contributed by atoms with Crippen LogP contribution in [-0.4, -0.2) is 35.9 Å². The van der Waals surface area contributed by atoms with Crippen LogP contribution in [0.1, 0.15) is 35.9 Å². The van der Waals surface area contributed by atoms with Gasteiger partial charge in [-0.05, 0) is 56.2 Å². The van der Waals surface area contributed by atoms with E-state index >= 15 is 0 Å². The van der Waals surface area contributed by atoms with Crippen molar-refractivity contribution in [1.82, 2.24) is 10.2 Å². The first kappa shape index (κ1) is 17.1. The molecular weight excluding hydrogens is 320 g/mol. The van der Waals surface area contributed by atoms with Crippen molar-refractivity contribution in [2.24, 2.45) is 0 Å². The maximum atomic E-state index is 12.8. The van der Waals surface area contributed by atoms with E-state index in [0.29, 0.717) is 37.4 Å². The largest absolute Gasteiger partial charge is 0.494 e. The Balaban J connectivity index is 1.63. The van der Waals surface area contributed by atoms with Crippen LogP contribution in [0.2, 0.25) is 0 Å². The van der Waals surface area contributed by atoms with E-state index in [0.717, 1.165) is 12.2 Å². The van der Waals surface area contributed by atoms with E-state index in [9.17, 15) is 9.59 Å². The number of ether oxygens (including phenoxy) is 1. The zero-order valence-corrected chi connectivity index (χ0v) is 14.2. The number of benzene rings is 1. The van der Waals surface area contributed by atoms with E-state index in [1.54, 1.807) is 47.6 Å². The molecule has 1 aliphatic rings. The van der Waals surface area contributed by atoms with Crippen molar-refractivity contribution < 1.29 is 18.7 Å². The lowest BCUT2D eigenvalue weighted by Gasteiger charge is -2.24. The van der Waals surface area contributed by atoms with Crippen LogP contribution >= 0.6 is 0 Å². The lowest BCUT2D eigenvalue weighted by Crippen LogP contribution is -2.45. The molecule has 6 nitrogen and oxygen atoms in total. The molecule has 3 rings (SSSR count). The van der Waals surface area contributed by atoms with Crippen LogP contribution < -0.4 is 10.1 Å². The van der Waals surface area contributed by atoms with E-state index in [1.165, 1.54) is 0 Å². The average molecular weight is 342 g/mol. The molecule has 0 unspecified atom stereocenters. The second kappa shape index (κ2) is 7.88. The Bertz CT molecular complexity index is 710. The van der Waals surface area contributed by atoms with Crippen LogP contribution in [0.25, 0.3) is 0 Å². The zero-order valence-electron chi connectivity index (χ0n) is 14.2. The summed E-state index contributed by atoms with van der Waals surface area (Å²) in [5.74, 6) is 1.15. The summed E-state index contributed by atoms with van der Waals surface area (Å²) in [5.41, 5.74) is 0.564. The van der Waals surface area contributed by atoms with Gasteiger partial charge in [-0.25, -0.2) is 0 Å². The van der Waals surface area contributed by atoms with Crippen molar-refractivity contribution in [3.8, 4) is 5.75 Å². The summed E-state index contributed by atoms with van der Waals surface area (Å²) in [6.07, 6.45) is 3.06. The molecule has 1 aromatic carbocycles. The minimum absolute atomic E-state index is 0.126. The van der Waals surface area contributed by atoms with Crippen molar-refractivity contribution in [2.75, 3.05) is 13.2 Å². The third-order valence-corrected chi connectivity index (χ3v) is 4.25. The lowest BCUT2D eigenvalue weighted by atomic mass is 10.1. The van der Waals surface area contributed by atoms with E-state index in [1.807, 2.05) is 6.92 Å². The van der Waals surface area contributed by atoms with Gasteiger partial charge >= 0.3 is 0 Å². The Morgan fingerprint density at radius 3 is 2.76 bits per heavy atom. The van der Waals surface area contributed by atoms with Crippen LogP contribution in [0.15, 0.2) is 47.1 Å². The molecule has 0 radical (unpaired) electrons. The number of hydrogen-bond donors (Lipinski definition) is 1. The fraction of sp³-hybridized carbons (Fsp3) is 0.368. The molecule has 6 heteroatoms. The number of likely N-dealkylation sites (tertiary alicyclic amines) is 1. The number of furan rings is 1. The van der Waals surface area contributed by atoms with Gasteiger partial charge in [-0.1, -0.05) is 0 Å². The van der Waals surface area contributed by atoms with Crippen LogP contribution in [0.3, 0.4) is 0 Å². The molecule has 1 N–H and O–H groups in total. The summed E-state index contributed by atoms with van der Waals surface area (Å²) >= 11 is 0. The van der Waals surface area contributed by atoms with Gasteiger partial charge in [0.05, 0.1) is 19.4 Å². The quantitative estimate of drug-likeness (QED) is 0.876. The highest BCUT2D eigenvalue weighted by Gasteiger charge is 2.34. The molecule has 1 atom stereocenters. The zero-order chi connectivity index (χ0) is 17.6. The smallest absolute Gasteiger partial charge is 0.254 e. The molecule has 1 fully saturated rings. The Kier molecular flexibility index (Phi) is 5.38. The van der Waals surface area contributed by atoms with Crippen LogP contribution in [0.4, 0.5) is 0 Å². The molecule has 1 aromatic heterocycles. The number of carbonyl (C=O) groups is 2. The Hall–Kier alpha value is -2.76. The van der Waals surface area contributed by atoms with Gasteiger partial charge in [-0.2, -0.15) is 0 Å². The van der Waals surface area contributed by atoms with Gasteiger partial charge in [0.2, 0.25) is 5.91 Å². The summed E-state index contributed by atoms with van der Waals surface area (Å²) in [7, 11) is 0. The molecule has 0 spiro atoms. The van der Waals surface area contributed by atoms with Gasteiger partial charge in [0.1, 0.15) is 17.6 Å². The number of carbonyl (C=O) groups excluding carboxylic acids is 2. The average Bonchev–Trinajstić information content (AvgIpc) is 3.31. The Morgan fingerprint density at radius 2 is 2.08 bits per heavy atom. The van der Waals surface area contributed by atoms with Gasteiger partial charge in [0.15, 0.2) is 0 Å². The molecule has 0 saturated carbocycles. The fourth-order valence-corrected chi connectivity index (χ4v) is 3.01. The van der Waals surface area contributed by atoms with Gasteiger partial charge in [0, 0.05) is 12.1 Å². The minimum atomic E-state index is -0.436. The number of hydrogen-bond acceptors (Lipinski definition) is 4. The Morgan fingerprint density at radius 1 is 1.28 bits per heavy atom. The van der Waals surface area contributed by atoms with E-state index < -0.39 is 6.04 Å². The molecule has 2 aromatic rings. The molecule has 0 bridgehead atoms. The number of amides is 2. The first-order chi connectivity index (χ1) is 12.2. The van der Waals surface area contributed by atoms with Crippen molar-refractivity contribution in [3.05, 3.63) is 54.0 Å². The third-order valence-electron chi connectivity index (χ3n) is 4.25. The normalized spacial score (nSPS) is 16.7. The summed E-state index contributed by atoms with van der Waals surface area (Å²) in [6, 6.07) is 10.2. The molecular formula is C19H22N2O4. The Labute approximate surface area is 146 Å². The highest BCUT2D eigenvalue weighted by Crippen LogP contribution is 2.22. The predicted octanol–water partition coefficient (Wildman–Crippen LogP) is 2.60. The lowest BCUT2D eigenvalue weighted by molar-refractivity contribution is -0.125.